The Hall–Kier alpha value is -3.14. The van der Waals surface area contributed by atoms with Gasteiger partial charge in [-0.05, 0) is 31.2 Å². The van der Waals surface area contributed by atoms with Crippen LogP contribution in [0.1, 0.15) is 34.4 Å². The van der Waals surface area contributed by atoms with E-state index in [1.165, 1.54) is 12.1 Å². The number of pyridine rings is 2. The Morgan fingerprint density at radius 3 is 2.59 bits per heavy atom. The number of carboxylic acids is 1. The van der Waals surface area contributed by atoms with Crippen LogP contribution in [0.2, 0.25) is 10.0 Å². The van der Waals surface area contributed by atoms with Crippen molar-refractivity contribution in [3.63, 3.8) is 0 Å². The molecule has 0 radical (unpaired) electrons. The maximum absolute atomic E-state index is 12.7. The highest BCUT2D eigenvalue weighted by Gasteiger charge is 2.22. The Morgan fingerprint density at radius 2 is 1.97 bits per heavy atom. The number of carbonyl (C=O) groups is 1. The summed E-state index contributed by atoms with van der Waals surface area (Å²) in [6, 6.07) is 13.0. The van der Waals surface area contributed by atoms with Crippen molar-refractivity contribution in [1.29, 1.82) is 5.26 Å². The molecule has 6 nitrogen and oxygen atoms in total. The van der Waals surface area contributed by atoms with Crippen LogP contribution in [-0.4, -0.2) is 20.6 Å². The molecular formula is C21H15Cl2N3O3. The molecule has 0 aliphatic rings. The molecule has 0 fully saturated rings. The molecule has 0 aliphatic heterocycles. The molecular weight excluding hydrogens is 413 g/mol. The van der Waals surface area contributed by atoms with E-state index in [2.05, 4.69) is 4.98 Å². The summed E-state index contributed by atoms with van der Waals surface area (Å²) in [5.74, 6) is -1.32. The Balaban J connectivity index is 2.27. The molecule has 2 aromatic heterocycles. The molecule has 0 unspecified atom stereocenters. The Kier molecular flexibility index (Phi) is 6.02. The van der Waals surface area contributed by atoms with Crippen LogP contribution in [-0.2, 0) is 13.0 Å². The number of carboxylic acid groups (broad SMARTS) is 1. The second-order valence-corrected chi connectivity index (χ2v) is 7.02. The molecule has 0 bridgehead atoms. The summed E-state index contributed by atoms with van der Waals surface area (Å²) < 4.78 is 1.74. The number of benzene rings is 1. The first-order valence-corrected chi connectivity index (χ1v) is 9.42. The third kappa shape index (κ3) is 4.16. The van der Waals surface area contributed by atoms with E-state index in [0.717, 1.165) is 0 Å². The molecule has 2 heterocycles. The number of hydrogen-bond acceptors (Lipinski definition) is 4. The number of aromatic nitrogens is 2. The van der Waals surface area contributed by atoms with Gasteiger partial charge >= 0.3 is 5.97 Å². The molecule has 0 atom stereocenters. The fourth-order valence-corrected chi connectivity index (χ4v) is 3.48. The average molecular weight is 428 g/mol. The van der Waals surface area contributed by atoms with Crippen molar-refractivity contribution in [3.8, 4) is 17.3 Å². The van der Waals surface area contributed by atoms with E-state index < -0.39 is 11.4 Å². The molecule has 3 rings (SSSR count). The molecule has 0 amide bonds. The number of rotatable bonds is 5. The molecule has 0 saturated heterocycles. The topological polar surface area (TPSA) is 96.0 Å². The summed E-state index contributed by atoms with van der Waals surface area (Å²) in [6.45, 7) is 2.25. The van der Waals surface area contributed by atoms with Crippen molar-refractivity contribution < 1.29 is 9.90 Å². The lowest BCUT2D eigenvalue weighted by atomic mass is 10.0. The summed E-state index contributed by atoms with van der Waals surface area (Å²) in [7, 11) is 0. The van der Waals surface area contributed by atoms with Gasteiger partial charge in [0.1, 0.15) is 17.3 Å². The van der Waals surface area contributed by atoms with E-state index in [-0.39, 0.29) is 28.4 Å². The van der Waals surface area contributed by atoms with Crippen molar-refractivity contribution in [1.82, 2.24) is 9.55 Å². The molecule has 0 spiro atoms. The normalized spacial score (nSPS) is 10.6. The van der Waals surface area contributed by atoms with Crippen LogP contribution in [0, 0.1) is 11.3 Å². The van der Waals surface area contributed by atoms with Gasteiger partial charge in [0, 0.05) is 36.0 Å². The number of nitrogens with zero attached hydrogens (tertiary/aromatic N) is 3. The van der Waals surface area contributed by atoms with Crippen LogP contribution in [0.15, 0.2) is 47.3 Å². The highest BCUT2D eigenvalue weighted by atomic mass is 35.5. The quantitative estimate of drug-likeness (QED) is 0.650. The van der Waals surface area contributed by atoms with E-state index in [4.69, 9.17) is 28.5 Å². The first-order chi connectivity index (χ1) is 13.8. The Morgan fingerprint density at radius 1 is 1.21 bits per heavy atom. The van der Waals surface area contributed by atoms with Crippen molar-refractivity contribution in [2.75, 3.05) is 0 Å². The minimum atomic E-state index is -1.32. The highest BCUT2D eigenvalue weighted by molar-refractivity contribution is 6.42. The summed E-state index contributed by atoms with van der Waals surface area (Å²) in [4.78, 5) is 28.8. The van der Waals surface area contributed by atoms with Crippen LogP contribution in [0.3, 0.4) is 0 Å². The van der Waals surface area contributed by atoms with Crippen LogP contribution in [0.25, 0.3) is 11.3 Å². The SMILES string of the molecule is CCn1c(Cc2cccc(C#N)n2)cc(=O)c(C(=O)O)c1-c1ccc(Cl)c(Cl)c1. The van der Waals surface area contributed by atoms with Crippen molar-refractivity contribution in [3.05, 3.63) is 85.4 Å². The van der Waals surface area contributed by atoms with Gasteiger partial charge in [-0.25, -0.2) is 9.78 Å². The standard InChI is InChI=1S/C21H15Cl2N3O3/c1-2-26-15(9-13-4-3-5-14(11-24)25-13)10-18(27)19(21(28)29)20(26)12-6-7-16(22)17(23)8-12/h3-8,10H,2,9H2,1H3,(H,28,29). The molecule has 146 valence electrons. The van der Waals surface area contributed by atoms with Crippen LogP contribution in [0.5, 0.6) is 0 Å². The minimum absolute atomic E-state index is 0.248. The van der Waals surface area contributed by atoms with Gasteiger partial charge in [0.05, 0.1) is 15.7 Å². The van der Waals surface area contributed by atoms with Gasteiger partial charge < -0.3 is 9.67 Å². The Labute approximate surface area is 176 Å². The molecule has 29 heavy (non-hydrogen) atoms. The van der Waals surface area contributed by atoms with Gasteiger partial charge in [-0.15, -0.1) is 0 Å². The smallest absolute Gasteiger partial charge is 0.341 e. The second kappa shape index (κ2) is 8.48. The first-order valence-electron chi connectivity index (χ1n) is 8.67. The zero-order valence-electron chi connectivity index (χ0n) is 15.3. The fourth-order valence-electron chi connectivity index (χ4n) is 3.18. The monoisotopic (exact) mass is 427 g/mol. The lowest BCUT2D eigenvalue weighted by Gasteiger charge is -2.20. The summed E-state index contributed by atoms with van der Waals surface area (Å²) in [5, 5.41) is 19.3. The lowest BCUT2D eigenvalue weighted by molar-refractivity contribution is 0.0695. The molecule has 0 saturated carbocycles. The highest BCUT2D eigenvalue weighted by Crippen LogP contribution is 2.31. The number of hydrogen-bond donors (Lipinski definition) is 1. The molecule has 8 heteroatoms. The summed E-state index contributed by atoms with van der Waals surface area (Å²) in [5.41, 5.74) is 1.19. The fraction of sp³-hybridized carbons (Fsp3) is 0.143. The van der Waals surface area contributed by atoms with E-state index in [1.54, 1.807) is 34.9 Å². The molecule has 0 aliphatic carbocycles. The lowest BCUT2D eigenvalue weighted by Crippen LogP contribution is -2.23. The van der Waals surface area contributed by atoms with Gasteiger partial charge in [-0.1, -0.05) is 35.3 Å². The first kappa shape index (κ1) is 20.6. The maximum atomic E-state index is 12.7. The van der Waals surface area contributed by atoms with E-state index in [0.29, 0.717) is 28.5 Å². The van der Waals surface area contributed by atoms with Gasteiger partial charge in [-0.2, -0.15) is 5.26 Å². The van der Waals surface area contributed by atoms with Crippen molar-refractivity contribution in [2.45, 2.75) is 19.9 Å². The van der Waals surface area contributed by atoms with Crippen molar-refractivity contribution >= 4 is 29.2 Å². The summed E-state index contributed by atoms with van der Waals surface area (Å²) >= 11 is 12.1. The van der Waals surface area contributed by atoms with Crippen LogP contribution in [0.4, 0.5) is 0 Å². The zero-order valence-corrected chi connectivity index (χ0v) is 16.8. The molecule has 1 N–H and O–H groups in total. The molecule has 1 aromatic carbocycles. The van der Waals surface area contributed by atoms with E-state index in [9.17, 15) is 14.7 Å². The maximum Gasteiger partial charge on any atom is 0.341 e. The average Bonchev–Trinajstić information content (AvgIpc) is 2.69. The van der Waals surface area contributed by atoms with Gasteiger partial charge in [0.2, 0.25) is 0 Å². The third-order valence-corrected chi connectivity index (χ3v) is 5.14. The predicted molar refractivity (Wildman–Crippen MR) is 111 cm³/mol. The number of aromatic carboxylic acids is 1. The summed E-state index contributed by atoms with van der Waals surface area (Å²) in [6.07, 6.45) is 0.257. The van der Waals surface area contributed by atoms with Gasteiger partial charge in [0.25, 0.3) is 0 Å². The third-order valence-electron chi connectivity index (χ3n) is 4.40. The minimum Gasteiger partial charge on any atom is -0.477 e. The largest absolute Gasteiger partial charge is 0.477 e. The Bertz CT molecular complexity index is 1210. The number of nitriles is 1. The van der Waals surface area contributed by atoms with E-state index in [1.807, 2.05) is 13.0 Å². The second-order valence-electron chi connectivity index (χ2n) is 6.20. The zero-order chi connectivity index (χ0) is 21.1. The molecule has 3 aromatic rings. The van der Waals surface area contributed by atoms with Crippen LogP contribution >= 0.6 is 23.2 Å². The van der Waals surface area contributed by atoms with Gasteiger partial charge in [-0.3, -0.25) is 4.79 Å². The number of halogens is 2. The predicted octanol–water partition coefficient (Wildman–Crippen LogP) is 4.40. The van der Waals surface area contributed by atoms with Crippen molar-refractivity contribution in [2.24, 2.45) is 0 Å². The van der Waals surface area contributed by atoms with Gasteiger partial charge in [0.15, 0.2) is 5.43 Å². The van der Waals surface area contributed by atoms with E-state index >= 15 is 0 Å². The van der Waals surface area contributed by atoms with Crippen LogP contribution < -0.4 is 5.43 Å².